The van der Waals surface area contributed by atoms with Crippen LogP contribution < -0.4 is 5.32 Å². The van der Waals surface area contributed by atoms with Crippen LogP contribution in [0, 0.1) is 0 Å². The summed E-state index contributed by atoms with van der Waals surface area (Å²) >= 11 is 7.61. The summed E-state index contributed by atoms with van der Waals surface area (Å²) < 4.78 is 0. The quantitative estimate of drug-likeness (QED) is 0.507. The summed E-state index contributed by atoms with van der Waals surface area (Å²) in [4.78, 5) is 30.5. The van der Waals surface area contributed by atoms with Crippen LogP contribution in [0.5, 0.6) is 0 Å². The molecule has 1 aromatic heterocycles. The summed E-state index contributed by atoms with van der Waals surface area (Å²) in [6.07, 6.45) is 4.24. The largest absolute Gasteiger partial charge is 0.351 e. The summed E-state index contributed by atoms with van der Waals surface area (Å²) in [5.41, 5.74) is 2.46. The molecule has 4 nitrogen and oxygen atoms in total. The van der Waals surface area contributed by atoms with Gasteiger partial charge < -0.3 is 10.2 Å². The fourth-order valence-electron chi connectivity index (χ4n) is 5.08. The smallest absolute Gasteiger partial charge is 0.254 e. The van der Waals surface area contributed by atoms with Gasteiger partial charge in [0.15, 0.2) is 0 Å². The minimum atomic E-state index is -0.449. The van der Waals surface area contributed by atoms with Crippen molar-refractivity contribution in [1.82, 2.24) is 10.2 Å². The topological polar surface area (TPSA) is 49.4 Å². The molecule has 0 unspecified atom stereocenters. The third-order valence-electron chi connectivity index (χ3n) is 6.59. The molecule has 6 heteroatoms. The number of nitrogens with one attached hydrogen (secondary N) is 1. The van der Waals surface area contributed by atoms with E-state index in [1.165, 1.54) is 0 Å². The Hall–Kier alpha value is -2.63. The number of rotatable bonds is 5. The Morgan fingerprint density at radius 1 is 1.03 bits per heavy atom. The summed E-state index contributed by atoms with van der Waals surface area (Å²) in [6.45, 7) is 0.420. The van der Waals surface area contributed by atoms with Gasteiger partial charge in [-0.2, -0.15) is 0 Å². The number of thiophene rings is 1. The summed E-state index contributed by atoms with van der Waals surface area (Å²) in [6, 6.07) is 19.0. The molecule has 1 N–H and O–H groups in total. The van der Waals surface area contributed by atoms with Crippen LogP contribution in [-0.4, -0.2) is 22.8 Å². The van der Waals surface area contributed by atoms with Gasteiger partial charge in [0.25, 0.3) is 5.91 Å². The van der Waals surface area contributed by atoms with E-state index >= 15 is 0 Å². The molecular weight excluding hydrogens is 440 g/mol. The highest BCUT2D eigenvalue weighted by Crippen LogP contribution is 2.47. The van der Waals surface area contributed by atoms with E-state index < -0.39 is 5.92 Å². The second-order valence-corrected chi connectivity index (χ2v) is 9.94. The number of benzene rings is 2. The Morgan fingerprint density at radius 2 is 1.78 bits per heavy atom. The zero-order chi connectivity index (χ0) is 22.1. The molecular formula is C26H25ClN2O2S. The van der Waals surface area contributed by atoms with Crippen LogP contribution >= 0.6 is 22.9 Å². The van der Waals surface area contributed by atoms with Gasteiger partial charge >= 0.3 is 0 Å². The number of amides is 2. The fraction of sp³-hybridized carbons (Fsp3) is 0.308. The maximum absolute atomic E-state index is 13.7. The summed E-state index contributed by atoms with van der Waals surface area (Å²) in [5, 5.41) is 5.83. The van der Waals surface area contributed by atoms with Crippen molar-refractivity contribution >= 4 is 34.8 Å². The molecule has 1 aliphatic heterocycles. The molecule has 2 aliphatic rings. The standard InChI is InChI=1S/C26H25ClN2O2S/c27-18-13-11-17(12-14-18)16-28-25(30)23-20-8-3-4-9-21(20)26(31)29(19-6-1-2-7-19)24(23)22-10-5-15-32-22/h3-5,8-15,19,23-24H,1-2,6-7,16H2,(H,28,30)/t23-,24-/m0/s1. The number of hydrogen-bond donors (Lipinski definition) is 1. The number of carbonyl (C=O) groups excluding carboxylic acids is 2. The molecule has 32 heavy (non-hydrogen) atoms. The molecule has 2 atom stereocenters. The van der Waals surface area contributed by atoms with Gasteiger partial charge in [-0.25, -0.2) is 0 Å². The third kappa shape index (κ3) is 3.96. The second-order valence-electron chi connectivity index (χ2n) is 8.52. The second kappa shape index (κ2) is 9.08. The van der Waals surface area contributed by atoms with E-state index in [2.05, 4.69) is 11.4 Å². The first-order valence-corrected chi connectivity index (χ1v) is 12.4. The van der Waals surface area contributed by atoms with E-state index in [4.69, 9.17) is 11.6 Å². The van der Waals surface area contributed by atoms with Gasteiger partial charge in [0.1, 0.15) is 0 Å². The average molecular weight is 465 g/mol. The van der Waals surface area contributed by atoms with Crippen LogP contribution in [0.25, 0.3) is 0 Å². The Morgan fingerprint density at radius 3 is 2.50 bits per heavy atom. The summed E-state index contributed by atoms with van der Waals surface area (Å²) in [5.74, 6) is -0.454. The van der Waals surface area contributed by atoms with Crippen LogP contribution in [0.3, 0.4) is 0 Å². The Kier molecular flexibility index (Phi) is 6.03. The van der Waals surface area contributed by atoms with Crippen molar-refractivity contribution in [3.8, 4) is 0 Å². The van der Waals surface area contributed by atoms with Crippen LogP contribution in [-0.2, 0) is 11.3 Å². The maximum Gasteiger partial charge on any atom is 0.254 e. The molecule has 0 bridgehead atoms. The number of halogens is 1. The minimum Gasteiger partial charge on any atom is -0.351 e. The lowest BCUT2D eigenvalue weighted by molar-refractivity contribution is -0.124. The molecule has 0 saturated heterocycles. The van der Waals surface area contributed by atoms with Crippen LogP contribution in [0.2, 0.25) is 5.02 Å². The Bertz CT molecular complexity index is 1110. The van der Waals surface area contributed by atoms with E-state index in [9.17, 15) is 9.59 Å². The van der Waals surface area contributed by atoms with E-state index in [0.717, 1.165) is 41.7 Å². The first-order valence-electron chi connectivity index (χ1n) is 11.1. The first kappa shape index (κ1) is 21.2. The lowest BCUT2D eigenvalue weighted by Gasteiger charge is -2.44. The van der Waals surface area contributed by atoms with Gasteiger partial charge in [-0.15, -0.1) is 11.3 Å². The number of nitrogens with zero attached hydrogens (tertiary/aromatic N) is 1. The monoisotopic (exact) mass is 464 g/mol. The van der Waals surface area contributed by atoms with Gasteiger partial charge in [-0.3, -0.25) is 9.59 Å². The highest BCUT2D eigenvalue weighted by atomic mass is 35.5. The zero-order valence-corrected chi connectivity index (χ0v) is 19.2. The van der Waals surface area contributed by atoms with Gasteiger partial charge in [-0.05, 0) is 53.6 Å². The Labute approximate surface area is 197 Å². The number of carbonyl (C=O) groups is 2. The third-order valence-corrected chi connectivity index (χ3v) is 7.79. The SMILES string of the molecule is O=C(NCc1ccc(Cl)cc1)[C@H]1c2ccccc2C(=O)N(C2CCCC2)[C@H]1c1cccs1. The molecule has 2 aromatic carbocycles. The van der Waals surface area contributed by atoms with Gasteiger partial charge in [-0.1, -0.05) is 60.8 Å². The molecule has 164 valence electrons. The number of hydrogen-bond acceptors (Lipinski definition) is 3. The highest BCUT2D eigenvalue weighted by Gasteiger charge is 2.47. The van der Waals surface area contributed by atoms with Gasteiger partial charge in [0, 0.05) is 28.0 Å². The van der Waals surface area contributed by atoms with E-state index in [0.29, 0.717) is 17.1 Å². The molecule has 2 amide bonds. The van der Waals surface area contributed by atoms with Crippen molar-refractivity contribution in [2.24, 2.45) is 0 Å². The minimum absolute atomic E-state index is 0.0488. The van der Waals surface area contributed by atoms with Crippen LogP contribution in [0.4, 0.5) is 0 Å². The van der Waals surface area contributed by atoms with Crippen molar-refractivity contribution in [2.75, 3.05) is 0 Å². The molecule has 1 aliphatic carbocycles. The van der Waals surface area contributed by atoms with Crippen molar-refractivity contribution in [3.05, 3.63) is 92.6 Å². The van der Waals surface area contributed by atoms with Crippen molar-refractivity contribution in [1.29, 1.82) is 0 Å². The molecule has 5 rings (SSSR count). The molecule has 3 aromatic rings. The van der Waals surface area contributed by atoms with E-state index in [-0.39, 0.29) is 23.9 Å². The molecule has 0 radical (unpaired) electrons. The van der Waals surface area contributed by atoms with Crippen molar-refractivity contribution in [2.45, 2.75) is 50.2 Å². The molecule has 1 saturated carbocycles. The highest BCUT2D eigenvalue weighted by molar-refractivity contribution is 7.10. The number of fused-ring (bicyclic) bond motifs is 1. The first-order chi connectivity index (χ1) is 15.6. The maximum atomic E-state index is 13.7. The van der Waals surface area contributed by atoms with Crippen molar-refractivity contribution in [3.63, 3.8) is 0 Å². The van der Waals surface area contributed by atoms with E-state index in [1.54, 1.807) is 11.3 Å². The van der Waals surface area contributed by atoms with Gasteiger partial charge in [0.2, 0.25) is 5.91 Å². The van der Waals surface area contributed by atoms with Crippen LogP contribution in [0.1, 0.15) is 64.0 Å². The van der Waals surface area contributed by atoms with Gasteiger partial charge in [0.05, 0.1) is 12.0 Å². The van der Waals surface area contributed by atoms with Crippen molar-refractivity contribution < 1.29 is 9.59 Å². The molecule has 2 heterocycles. The Balaban J connectivity index is 1.53. The predicted octanol–water partition coefficient (Wildman–Crippen LogP) is 5.94. The average Bonchev–Trinajstić information content (AvgIpc) is 3.53. The lowest BCUT2D eigenvalue weighted by atomic mass is 9.80. The zero-order valence-electron chi connectivity index (χ0n) is 17.7. The van der Waals surface area contributed by atoms with Crippen LogP contribution in [0.15, 0.2) is 66.0 Å². The fourth-order valence-corrected chi connectivity index (χ4v) is 6.07. The normalized spacial score (nSPS) is 20.9. The summed E-state index contributed by atoms with van der Waals surface area (Å²) in [7, 11) is 0. The predicted molar refractivity (Wildman–Crippen MR) is 128 cm³/mol. The lowest BCUT2D eigenvalue weighted by Crippen LogP contribution is -2.50. The molecule has 0 spiro atoms. The van der Waals surface area contributed by atoms with E-state index in [1.807, 2.05) is 64.9 Å². The molecule has 1 fully saturated rings.